The van der Waals surface area contributed by atoms with Gasteiger partial charge in [-0.15, -0.1) is 0 Å². The van der Waals surface area contributed by atoms with Crippen LogP contribution < -0.4 is 0 Å². The van der Waals surface area contributed by atoms with E-state index in [4.69, 9.17) is 9.97 Å². The van der Waals surface area contributed by atoms with Crippen molar-refractivity contribution in [2.45, 2.75) is 32.2 Å². The lowest BCUT2D eigenvalue weighted by Gasteiger charge is -2.12. The Bertz CT molecular complexity index is 1880. The average Bonchev–Trinajstić information content (AvgIpc) is 3.66. The number of para-hydroxylation sites is 2. The zero-order chi connectivity index (χ0) is 25.8. The SMILES string of the molecule is Cc1cc(-c2nc3ccccc3n2C)cc2c1nc(C1CC1)n2Cc1ccc(-c2ccccc2C#N)cc1. The fourth-order valence-corrected chi connectivity index (χ4v) is 5.57. The van der Waals surface area contributed by atoms with Gasteiger partial charge in [-0.25, -0.2) is 9.97 Å². The topological polar surface area (TPSA) is 59.4 Å². The van der Waals surface area contributed by atoms with Gasteiger partial charge in [-0.3, -0.25) is 0 Å². The van der Waals surface area contributed by atoms with Gasteiger partial charge in [0.1, 0.15) is 11.6 Å². The maximum Gasteiger partial charge on any atom is 0.140 e. The standard InChI is InChI=1S/C33H27N5/c1-21-17-26(32-35-28-9-5-6-10-29(28)37(32)2)18-30-31(21)36-33(24-15-16-24)38(30)20-22-11-13-23(14-12-22)27-8-4-3-7-25(27)19-34/h3-14,17-18,24H,15-16,20H2,1-2H3. The average molecular weight is 494 g/mol. The summed E-state index contributed by atoms with van der Waals surface area (Å²) in [5.41, 5.74) is 10.6. The van der Waals surface area contributed by atoms with Crippen LogP contribution in [0, 0.1) is 18.3 Å². The lowest BCUT2D eigenvalue weighted by atomic mass is 9.99. The summed E-state index contributed by atoms with van der Waals surface area (Å²) in [6.07, 6.45) is 2.40. The van der Waals surface area contributed by atoms with E-state index in [1.54, 1.807) is 0 Å². The maximum atomic E-state index is 9.51. The predicted molar refractivity (Wildman–Crippen MR) is 152 cm³/mol. The summed E-state index contributed by atoms with van der Waals surface area (Å²) < 4.78 is 4.58. The molecule has 0 bridgehead atoms. The van der Waals surface area contributed by atoms with E-state index in [-0.39, 0.29) is 0 Å². The minimum atomic E-state index is 0.530. The van der Waals surface area contributed by atoms with Gasteiger partial charge in [-0.2, -0.15) is 5.26 Å². The van der Waals surface area contributed by atoms with Gasteiger partial charge >= 0.3 is 0 Å². The van der Waals surface area contributed by atoms with Crippen LogP contribution in [0.4, 0.5) is 0 Å². The molecule has 0 unspecified atom stereocenters. The van der Waals surface area contributed by atoms with Crippen LogP contribution in [0.5, 0.6) is 0 Å². The smallest absolute Gasteiger partial charge is 0.140 e. The number of hydrogen-bond donors (Lipinski definition) is 0. The second-order valence-corrected chi connectivity index (χ2v) is 10.3. The molecule has 6 aromatic rings. The molecule has 0 radical (unpaired) electrons. The summed E-state index contributed by atoms with van der Waals surface area (Å²) >= 11 is 0. The maximum absolute atomic E-state index is 9.51. The Balaban J connectivity index is 1.32. The fraction of sp³-hybridized carbons (Fsp3) is 0.182. The molecule has 0 amide bonds. The summed E-state index contributed by atoms with van der Waals surface area (Å²) in [5.74, 6) is 2.68. The van der Waals surface area contributed by atoms with Crippen LogP contribution in [-0.4, -0.2) is 19.1 Å². The Morgan fingerprint density at radius 3 is 2.39 bits per heavy atom. The van der Waals surface area contributed by atoms with E-state index in [0.717, 1.165) is 51.1 Å². The van der Waals surface area contributed by atoms with Crippen molar-refractivity contribution in [3.05, 3.63) is 107 Å². The lowest BCUT2D eigenvalue weighted by molar-refractivity contribution is 0.747. The van der Waals surface area contributed by atoms with Crippen molar-refractivity contribution in [1.82, 2.24) is 19.1 Å². The Labute approximate surface area is 221 Å². The Morgan fingerprint density at radius 1 is 0.868 bits per heavy atom. The van der Waals surface area contributed by atoms with E-state index in [9.17, 15) is 5.26 Å². The van der Waals surface area contributed by atoms with Crippen LogP contribution in [0.1, 0.15) is 41.3 Å². The van der Waals surface area contributed by atoms with E-state index < -0.39 is 0 Å². The third-order valence-corrected chi connectivity index (χ3v) is 7.72. The zero-order valence-electron chi connectivity index (χ0n) is 21.5. The molecular formula is C33H27N5. The molecule has 1 aliphatic rings. The number of aromatic nitrogens is 4. The number of benzene rings is 4. The number of hydrogen-bond acceptors (Lipinski definition) is 3. The van der Waals surface area contributed by atoms with E-state index in [1.807, 2.05) is 30.3 Å². The molecule has 7 rings (SSSR count). The highest BCUT2D eigenvalue weighted by Gasteiger charge is 2.30. The van der Waals surface area contributed by atoms with Gasteiger partial charge in [0.15, 0.2) is 0 Å². The first-order valence-electron chi connectivity index (χ1n) is 13.1. The van der Waals surface area contributed by atoms with Crippen molar-refractivity contribution in [2.75, 3.05) is 0 Å². The second-order valence-electron chi connectivity index (χ2n) is 10.3. The van der Waals surface area contributed by atoms with Gasteiger partial charge in [-0.05, 0) is 72.4 Å². The van der Waals surface area contributed by atoms with Crippen LogP contribution in [0.15, 0.2) is 84.9 Å². The first kappa shape index (κ1) is 22.5. The number of fused-ring (bicyclic) bond motifs is 2. The highest BCUT2D eigenvalue weighted by molar-refractivity contribution is 5.87. The van der Waals surface area contributed by atoms with Gasteiger partial charge in [0.25, 0.3) is 0 Å². The van der Waals surface area contributed by atoms with Crippen molar-refractivity contribution in [2.24, 2.45) is 7.05 Å². The molecule has 2 heterocycles. The van der Waals surface area contributed by atoms with Crippen molar-refractivity contribution in [1.29, 1.82) is 5.26 Å². The minimum absolute atomic E-state index is 0.530. The lowest BCUT2D eigenvalue weighted by Crippen LogP contribution is -2.04. The van der Waals surface area contributed by atoms with Crippen molar-refractivity contribution in [3.8, 4) is 28.6 Å². The Kier molecular flexibility index (Phi) is 5.16. The summed E-state index contributed by atoms with van der Waals surface area (Å²) in [6, 6.07) is 31.4. The highest BCUT2D eigenvalue weighted by atomic mass is 15.1. The summed E-state index contributed by atoms with van der Waals surface area (Å²) in [5, 5.41) is 9.51. The Hall–Kier alpha value is -4.69. The van der Waals surface area contributed by atoms with Crippen molar-refractivity contribution >= 4 is 22.1 Å². The monoisotopic (exact) mass is 493 g/mol. The molecule has 2 aromatic heterocycles. The van der Waals surface area contributed by atoms with Gasteiger partial charge in [0.2, 0.25) is 0 Å². The molecular weight excluding hydrogens is 466 g/mol. The molecule has 1 fully saturated rings. The molecule has 0 saturated heterocycles. The van der Waals surface area contributed by atoms with Crippen molar-refractivity contribution < 1.29 is 0 Å². The Morgan fingerprint density at radius 2 is 1.63 bits per heavy atom. The summed E-state index contributed by atoms with van der Waals surface area (Å²) in [7, 11) is 2.09. The molecule has 184 valence electrons. The summed E-state index contributed by atoms with van der Waals surface area (Å²) in [4.78, 5) is 10.1. The number of nitriles is 1. The van der Waals surface area contributed by atoms with Crippen molar-refractivity contribution in [3.63, 3.8) is 0 Å². The fourth-order valence-electron chi connectivity index (χ4n) is 5.57. The first-order valence-corrected chi connectivity index (χ1v) is 13.1. The van der Waals surface area contributed by atoms with Crippen LogP contribution in [-0.2, 0) is 13.6 Å². The third-order valence-electron chi connectivity index (χ3n) is 7.72. The van der Waals surface area contributed by atoms with Crippen LogP contribution in [0.2, 0.25) is 0 Å². The second kappa shape index (κ2) is 8.71. The van der Waals surface area contributed by atoms with E-state index in [0.29, 0.717) is 11.5 Å². The van der Waals surface area contributed by atoms with Gasteiger partial charge in [0, 0.05) is 25.1 Å². The van der Waals surface area contributed by atoms with Crippen LogP contribution >= 0.6 is 0 Å². The van der Waals surface area contributed by atoms with Gasteiger partial charge in [-0.1, -0.05) is 54.6 Å². The number of imidazole rings is 2. The number of aryl methyl sites for hydroxylation is 2. The molecule has 5 nitrogen and oxygen atoms in total. The quantitative estimate of drug-likeness (QED) is 0.252. The van der Waals surface area contributed by atoms with Gasteiger partial charge in [0.05, 0.1) is 33.7 Å². The molecule has 1 aliphatic carbocycles. The molecule has 4 aromatic carbocycles. The molecule has 5 heteroatoms. The highest BCUT2D eigenvalue weighted by Crippen LogP contribution is 2.42. The number of rotatable bonds is 5. The largest absolute Gasteiger partial charge is 0.327 e. The third kappa shape index (κ3) is 3.69. The molecule has 38 heavy (non-hydrogen) atoms. The van der Waals surface area contributed by atoms with Gasteiger partial charge < -0.3 is 9.13 Å². The van der Waals surface area contributed by atoms with Crippen LogP contribution in [0.25, 0.3) is 44.6 Å². The predicted octanol–water partition coefficient (Wildman–Crippen LogP) is 7.36. The molecule has 0 spiro atoms. The zero-order valence-corrected chi connectivity index (χ0v) is 21.5. The molecule has 1 saturated carbocycles. The van der Waals surface area contributed by atoms with E-state index >= 15 is 0 Å². The van der Waals surface area contributed by atoms with E-state index in [2.05, 4.69) is 83.8 Å². The molecule has 0 N–H and O–H groups in total. The first-order chi connectivity index (χ1) is 18.6. The number of nitrogens with zero attached hydrogens (tertiary/aromatic N) is 5. The minimum Gasteiger partial charge on any atom is -0.327 e. The van der Waals surface area contributed by atoms with Crippen LogP contribution in [0.3, 0.4) is 0 Å². The normalized spacial score (nSPS) is 13.3. The summed E-state index contributed by atoms with van der Waals surface area (Å²) in [6.45, 7) is 2.91. The molecule has 0 atom stereocenters. The molecule has 0 aliphatic heterocycles. The van der Waals surface area contributed by atoms with E-state index in [1.165, 1.54) is 29.8 Å².